The van der Waals surface area contributed by atoms with Crippen LogP contribution in [-0.4, -0.2) is 4.98 Å². The second kappa shape index (κ2) is 3.96. The van der Waals surface area contributed by atoms with Crippen molar-refractivity contribution < 1.29 is 0 Å². The monoisotopic (exact) mass is 259 g/mol. The van der Waals surface area contributed by atoms with Crippen molar-refractivity contribution in [2.24, 2.45) is 5.41 Å². The maximum Gasteiger partial charge on any atom is 0.0723 e. The molecule has 2 aromatic rings. The van der Waals surface area contributed by atoms with Gasteiger partial charge in [0, 0.05) is 11.1 Å². The molecule has 3 rings (SSSR count). The van der Waals surface area contributed by atoms with Crippen molar-refractivity contribution in [2.45, 2.75) is 40.0 Å². The maximum atomic E-state index is 6.56. The summed E-state index contributed by atoms with van der Waals surface area (Å²) >= 11 is 6.56. The van der Waals surface area contributed by atoms with Gasteiger partial charge in [0.2, 0.25) is 0 Å². The van der Waals surface area contributed by atoms with E-state index in [-0.39, 0.29) is 0 Å². The van der Waals surface area contributed by atoms with E-state index in [2.05, 4.69) is 39.0 Å². The van der Waals surface area contributed by atoms with E-state index in [9.17, 15) is 0 Å². The number of hydrogen-bond acceptors (Lipinski definition) is 1. The largest absolute Gasteiger partial charge is 0.252 e. The molecule has 0 radical (unpaired) electrons. The molecule has 18 heavy (non-hydrogen) atoms. The highest BCUT2D eigenvalue weighted by atomic mass is 35.5. The Morgan fingerprint density at radius 3 is 2.83 bits per heavy atom. The number of benzene rings is 1. The normalized spacial score (nSPS) is 17.8. The zero-order valence-electron chi connectivity index (χ0n) is 11.2. The van der Waals surface area contributed by atoms with Gasteiger partial charge in [-0.25, -0.2) is 0 Å². The topological polar surface area (TPSA) is 12.9 Å². The molecule has 1 heterocycles. The van der Waals surface area contributed by atoms with E-state index < -0.39 is 0 Å². The van der Waals surface area contributed by atoms with E-state index in [1.807, 2.05) is 0 Å². The molecular weight excluding hydrogens is 242 g/mol. The van der Waals surface area contributed by atoms with E-state index in [1.165, 1.54) is 23.2 Å². The lowest BCUT2D eigenvalue weighted by atomic mass is 9.76. The lowest BCUT2D eigenvalue weighted by molar-refractivity contribution is 0.311. The van der Waals surface area contributed by atoms with Gasteiger partial charge in [0.1, 0.15) is 0 Å². The van der Waals surface area contributed by atoms with E-state index >= 15 is 0 Å². The van der Waals surface area contributed by atoms with Gasteiger partial charge >= 0.3 is 0 Å². The van der Waals surface area contributed by atoms with E-state index in [1.54, 1.807) is 0 Å². The third-order valence-electron chi connectivity index (χ3n) is 3.96. The molecule has 0 saturated carbocycles. The molecule has 0 atom stereocenters. The number of nitrogens with zero attached hydrogens (tertiary/aromatic N) is 1. The Balaban J connectivity index is 2.26. The predicted octanol–water partition coefficient (Wildman–Crippen LogP) is 4.71. The number of aryl methyl sites for hydroxylation is 1. The minimum Gasteiger partial charge on any atom is -0.252 e. The Morgan fingerprint density at radius 1 is 1.28 bits per heavy atom. The van der Waals surface area contributed by atoms with Gasteiger partial charge in [-0.3, -0.25) is 4.98 Å². The second-order valence-corrected chi connectivity index (χ2v) is 6.59. The Labute approximate surface area is 113 Å². The average Bonchev–Trinajstić information content (AvgIpc) is 2.27. The fourth-order valence-corrected chi connectivity index (χ4v) is 3.19. The summed E-state index contributed by atoms with van der Waals surface area (Å²) < 4.78 is 0. The van der Waals surface area contributed by atoms with Crippen LogP contribution in [0.5, 0.6) is 0 Å². The summed E-state index contributed by atoms with van der Waals surface area (Å²) in [6, 6.07) is 6.33. The van der Waals surface area contributed by atoms with Gasteiger partial charge in [-0.2, -0.15) is 0 Å². The van der Waals surface area contributed by atoms with Crippen LogP contribution in [0.2, 0.25) is 5.02 Å². The van der Waals surface area contributed by atoms with Gasteiger partial charge in [0.15, 0.2) is 0 Å². The van der Waals surface area contributed by atoms with Gasteiger partial charge in [0.05, 0.1) is 10.5 Å². The number of halogens is 1. The average molecular weight is 260 g/mol. The van der Waals surface area contributed by atoms with E-state index in [4.69, 9.17) is 16.6 Å². The van der Waals surface area contributed by atoms with E-state index in [0.29, 0.717) is 5.41 Å². The molecule has 0 saturated heterocycles. The fourth-order valence-electron chi connectivity index (χ4n) is 2.83. The molecule has 2 heteroatoms. The molecule has 1 aromatic heterocycles. The van der Waals surface area contributed by atoms with Gasteiger partial charge in [-0.15, -0.1) is 0 Å². The van der Waals surface area contributed by atoms with Crippen LogP contribution < -0.4 is 0 Å². The minimum absolute atomic E-state index is 0.348. The highest BCUT2D eigenvalue weighted by Gasteiger charge is 2.28. The molecule has 0 fully saturated rings. The summed E-state index contributed by atoms with van der Waals surface area (Å²) in [5.41, 5.74) is 5.10. The van der Waals surface area contributed by atoms with Crippen molar-refractivity contribution in [2.75, 3.05) is 0 Å². The van der Waals surface area contributed by atoms with Crippen LogP contribution in [0.15, 0.2) is 18.2 Å². The van der Waals surface area contributed by atoms with Crippen molar-refractivity contribution in [3.8, 4) is 0 Å². The van der Waals surface area contributed by atoms with Crippen LogP contribution in [0, 0.1) is 12.3 Å². The Hall–Kier alpha value is -1.08. The van der Waals surface area contributed by atoms with Gasteiger partial charge in [0.25, 0.3) is 0 Å². The van der Waals surface area contributed by atoms with Crippen molar-refractivity contribution >= 4 is 22.5 Å². The highest BCUT2D eigenvalue weighted by molar-refractivity contribution is 6.36. The first-order chi connectivity index (χ1) is 8.46. The third-order valence-corrected chi connectivity index (χ3v) is 4.39. The summed E-state index contributed by atoms with van der Waals surface area (Å²) in [7, 11) is 0. The summed E-state index contributed by atoms with van der Waals surface area (Å²) in [6.45, 7) is 6.72. The summed E-state index contributed by atoms with van der Waals surface area (Å²) in [5, 5.41) is 2.02. The molecule has 1 aliphatic carbocycles. The first-order valence-corrected chi connectivity index (χ1v) is 6.92. The molecular formula is C16H18ClN. The summed E-state index contributed by atoms with van der Waals surface area (Å²) in [4.78, 5) is 4.85. The van der Waals surface area contributed by atoms with Crippen molar-refractivity contribution in [3.05, 3.63) is 40.0 Å². The molecule has 1 nitrogen and oxygen atoms in total. The zero-order chi connectivity index (χ0) is 12.9. The number of aromatic nitrogens is 1. The molecule has 1 aromatic carbocycles. The van der Waals surface area contributed by atoms with Crippen molar-refractivity contribution in [1.82, 2.24) is 4.98 Å². The molecule has 0 spiro atoms. The van der Waals surface area contributed by atoms with E-state index in [0.717, 1.165) is 28.8 Å². The van der Waals surface area contributed by atoms with Gasteiger partial charge < -0.3 is 0 Å². The smallest absolute Gasteiger partial charge is 0.0723 e. The molecule has 0 amide bonds. The van der Waals surface area contributed by atoms with Crippen LogP contribution in [-0.2, 0) is 12.8 Å². The van der Waals surface area contributed by atoms with Gasteiger partial charge in [-0.05, 0) is 48.8 Å². The summed E-state index contributed by atoms with van der Waals surface area (Å²) in [5.74, 6) is 0. The van der Waals surface area contributed by atoms with Gasteiger partial charge in [-0.1, -0.05) is 37.6 Å². The van der Waals surface area contributed by atoms with Crippen LogP contribution in [0.25, 0.3) is 10.9 Å². The number of hydrogen-bond donors (Lipinski definition) is 0. The molecule has 0 bridgehead atoms. The SMILES string of the molecule is Cc1ccc2c(Cl)c3c(nc2c1)CC(C)(C)CC3. The minimum atomic E-state index is 0.348. The Kier molecular flexibility index (Phi) is 2.63. The zero-order valence-corrected chi connectivity index (χ0v) is 11.9. The fraction of sp³-hybridized carbons (Fsp3) is 0.438. The standard InChI is InChI=1S/C16H18ClN/c1-10-4-5-11-13(8-10)18-14-9-16(2,3)7-6-12(14)15(11)17/h4-5,8H,6-7,9H2,1-3H3. The number of fused-ring (bicyclic) bond motifs is 2. The van der Waals surface area contributed by atoms with Crippen molar-refractivity contribution in [1.29, 1.82) is 0 Å². The highest BCUT2D eigenvalue weighted by Crippen LogP contribution is 2.39. The second-order valence-electron chi connectivity index (χ2n) is 6.21. The third kappa shape index (κ3) is 1.91. The lowest BCUT2D eigenvalue weighted by Gasteiger charge is -2.31. The first-order valence-electron chi connectivity index (χ1n) is 6.54. The molecule has 1 aliphatic rings. The quantitative estimate of drug-likeness (QED) is 0.668. The van der Waals surface area contributed by atoms with Crippen LogP contribution in [0.4, 0.5) is 0 Å². The molecule has 94 valence electrons. The molecule has 0 aliphatic heterocycles. The van der Waals surface area contributed by atoms with Crippen molar-refractivity contribution in [3.63, 3.8) is 0 Å². The number of rotatable bonds is 0. The van der Waals surface area contributed by atoms with Crippen LogP contribution >= 0.6 is 11.6 Å². The Morgan fingerprint density at radius 2 is 2.06 bits per heavy atom. The molecule has 0 N–H and O–H groups in total. The lowest BCUT2D eigenvalue weighted by Crippen LogP contribution is -2.23. The molecule has 0 unspecified atom stereocenters. The maximum absolute atomic E-state index is 6.56. The Bertz CT molecular complexity index is 629. The predicted molar refractivity (Wildman–Crippen MR) is 77.3 cm³/mol. The summed E-state index contributed by atoms with van der Waals surface area (Å²) in [6.07, 6.45) is 3.28. The van der Waals surface area contributed by atoms with Crippen LogP contribution in [0.3, 0.4) is 0 Å². The first kappa shape index (κ1) is 12.0. The van der Waals surface area contributed by atoms with Crippen LogP contribution in [0.1, 0.15) is 37.1 Å². The number of pyridine rings is 1.